The standard InChI is InChI=1S/C32H56N2O3/c1-4-6-7-8-9-10-11-12-13-14-15-16-17-18-19-23-26-33-31(35)30(28(3)5-2)34-32(36)37-27-29-24-21-20-22-25-29/h20-22,24-25,28,30H,4-19,23,26-27H2,1-3H3,(H,33,35)(H,34,36). The maximum atomic E-state index is 12.7. The molecule has 0 heterocycles. The van der Waals surface area contributed by atoms with E-state index in [0.29, 0.717) is 6.54 Å². The Kier molecular flexibility index (Phi) is 20.6. The fraction of sp³-hybridized carbons (Fsp3) is 0.750. The summed E-state index contributed by atoms with van der Waals surface area (Å²) in [6.45, 7) is 7.14. The average Bonchev–Trinajstić information content (AvgIpc) is 2.92. The zero-order valence-corrected chi connectivity index (χ0v) is 24.2. The number of amides is 2. The van der Waals surface area contributed by atoms with Gasteiger partial charge in [0.15, 0.2) is 0 Å². The van der Waals surface area contributed by atoms with Gasteiger partial charge in [-0.05, 0) is 17.9 Å². The molecule has 0 fully saturated rings. The minimum absolute atomic E-state index is 0.0371. The summed E-state index contributed by atoms with van der Waals surface area (Å²) in [5.74, 6) is -0.0814. The third-order valence-electron chi connectivity index (χ3n) is 7.31. The van der Waals surface area contributed by atoms with Crippen molar-refractivity contribution < 1.29 is 14.3 Å². The molecule has 0 bridgehead atoms. The van der Waals surface area contributed by atoms with Crippen molar-refractivity contribution in [3.8, 4) is 0 Å². The molecule has 2 atom stereocenters. The summed E-state index contributed by atoms with van der Waals surface area (Å²) in [5, 5.41) is 5.79. The molecule has 2 amide bonds. The summed E-state index contributed by atoms with van der Waals surface area (Å²) in [6.07, 6.45) is 21.6. The largest absolute Gasteiger partial charge is 0.445 e. The molecule has 0 radical (unpaired) electrons. The van der Waals surface area contributed by atoms with Crippen LogP contribution in [0.5, 0.6) is 0 Å². The number of nitrogens with one attached hydrogen (secondary N) is 2. The SMILES string of the molecule is CCCCCCCCCCCCCCCCCCNC(=O)C(NC(=O)OCc1ccccc1)C(C)CC. The van der Waals surface area contributed by atoms with Crippen LogP contribution in [0.4, 0.5) is 4.79 Å². The lowest BCUT2D eigenvalue weighted by Crippen LogP contribution is -2.50. The smallest absolute Gasteiger partial charge is 0.408 e. The first-order valence-electron chi connectivity index (χ1n) is 15.3. The van der Waals surface area contributed by atoms with E-state index in [2.05, 4.69) is 17.6 Å². The number of rotatable bonds is 23. The van der Waals surface area contributed by atoms with Crippen LogP contribution in [0.3, 0.4) is 0 Å². The maximum absolute atomic E-state index is 12.7. The minimum Gasteiger partial charge on any atom is -0.445 e. The van der Waals surface area contributed by atoms with E-state index in [9.17, 15) is 9.59 Å². The van der Waals surface area contributed by atoms with Crippen LogP contribution in [-0.2, 0) is 16.1 Å². The van der Waals surface area contributed by atoms with Crippen molar-refractivity contribution in [2.45, 2.75) is 143 Å². The molecule has 2 unspecified atom stereocenters. The molecule has 37 heavy (non-hydrogen) atoms. The van der Waals surface area contributed by atoms with Crippen LogP contribution in [0.25, 0.3) is 0 Å². The van der Waals surface area contributed by atoms with Crippen LogP contribution >= 0.6 is 0 Å². The molecule has 0 aliphatic heterocycles. The number of carbonyl (C=O) groups is 2. The van der Waals surface area contributed by atoms with Gasteiger partial charge in [0.2, 0.25) is 5.91 Å². The summed E-state index contributed by atoms with van der Waals surface area (Å²) in [4.78, 5) is 25.0. The molecule has 1 aromatic carbocycles. The molecular formula is C32H56N2O3. The number of unbranched alkanes of at least 4 members (excludes halogenated alkanes) is 15. The molecule has 1 aromatic rings. The molecular weight excluding hydrogens is 460 g/mol. The molecule has 5 heteroatoms. The van der Waals surface area contributed by atoms with Crippen LogP contribution < -0.4 is 10.6 Å². The maximum Gasteiger partial charge on any atom is 0.408 e. The van der Waals surface area contributed by atoms with E-state index in [4.69, 9.17) is 4.74 Å². The van der Waals surface area contributed by atoms with Gasteiger partial charge < -0.3 is 15.4 Å². The third kappa shape index (κ3) is 18.0. The van der Waals surface area contributed by atoms with Crippen LogP contribution in [0.15, 0.2) is 30.3 Å². The number of hydrogen-bond acceptors (Lipinski definition) is 3. The van der Waals surface area contributed by atoms with E-state index in [1.807, 2.05) is 44.2 Å². The first kappa shape index (κ1) is 33.0. The Balaban J connectivity index is 2.04. The van der Waals surface area contributed by atoms with Gasteiger partial charge in [-0.1, -0.05) is 154 Å². The van der Waals surface area contributed by atoms with Gasteiger partial charge in [-0.2, -0.15) is 0 Å². The highest BCUT2D eigenvalue weighted by atomic mass is 16.5. The highest BCUT2D eigenvalue weighted by molar-refractivity contribution is 5.85. The highest BCUT2D eigenvalue weighted by Crippen LogP contribution is 2.14. The fourth-order valence-electron chi connectivity index (χ4n) is 4.59. The normalized spacial score (nSPS) is 12.6. The summed E-state index contributed by atoms with van der Waals surface area (Å²) >= 11 is 0. The molecule has 1 rings (SSSR count). The Morgan fingerprint density at radius 3 is 1.70 bits per heavy atom. The lowest BCUT2D eigenvalue weighted by molar-refractivity contribution is -0.124. The quantitative estimate of drug-likeness (QED) is 0.143. The highest BCUT2D eigenvalue weighted by Gasteiger charge is 2.26. The minimum atomic E-state index is -0.575. The monoisotopic (exact) mass is 516 g/mol. The topological polar surface area (TPSA) is 67.4 Å². The van der Waals surface area contributed by atoms with Gasteiger partial charge in [0.05, 0.1) is 0 Å². The van der Waals surface area contributed by atoms with Crippen LogP contribution in [0.2, 0.25) is 0 Å². The molecule has 0 aliphatic rings. The van der Waals surface area contributed by atoms with Crippen LogP contribution in [0.1, 0.15) is 135 Å². The van der Waals surface area contributed by atoms with Gasteiger partial charge in [-0.25, -0.2) is 4.79 Å². The van der Waals surface area contributed by atoms with Gasteiger partial charge >= 0.3 is 6.09 Å². The van der Waals surface area contributed by atoms with Gasteiger partial charge in [0.25, 0.3) is 0 Å². The van der Waals surface area contributed by atoms with Gasteiger partial charge in [0, 0.05) is 6.54 Å². The van der Waals surface area contributed by atoms with E-state index in [0.717, 1.165) is 24.8 Å². The second-order valence-electron chi connectivity index (χ2n) is 10.7. The summed E-state index contributed by atoms with van der Waals surface area (Å²) < 4.78 is 5.31. The van der Waals surface area contributed by atoms with Crippen molar-refractivity contribution in [2.24, 2.45) is 5.92 Å². The van der Waals surface area contributed by atoms with Crippen molar-refractivity contribution in [3.63, 3.8) is 0 Å². The number of alkyl carbamates (subject to hydrolysis) is 1. The first-order valence-corrected chi connectivity index (χ1v) is 15.3. The Hall–Kier alpha value is -2.04. The van der Waals surface area contributed by atoms with Crippen molar-refractivity contribution in [1.29, 1.82) is 0 Å². The zero-order valence-electron chi connectivity index (χ0n) is 24.2. The van der Waals surface area contributed by atoms with Gasteiger partial charge in [-0.15, -0.1) is 0 Å². The average molecular weight is 517 g/mol. The van der Waals surface area contributed by atoms with Crippen LogP contribution in [-0.4, -0.2) is 24.6 Å². The van der Waals surface area contributed by atoms with Crippen LogP contribution in [0, 0.1) is 5.92 Å². The Labute approximate surface area is 227 Å². The molecule has 212 valence electrons. The molecule has 0 saturated heterocycles. The second-order valence-corrected chi connectivity index (χ2v) is 10.7. The molecule has 5 nitrogen and oxygen atoms in total. The molecule has 2 N–H and O–H groups in total. The number of hydrogen-bond donors (Lipinski definition) is 2. The van der Waals surface area contributed by atoms with Gasteiger partial charge in [0.1, 0.15) is 12.6 Å². The van der Waals surface area contributed by atoms with Crippen molar-refractivity contribution in [1.82, 2.24) is 10.6 Å². The summed E-state index contributed by atoms with van der Waals surface area (Å²) in [7, 11) is 0. The molecule has 0 aliphatic carbocycles. The van der Waals surface area contributed by atoms with E-state index >= 15 is 0 Å². The Morgan fingerprint density at radius 1 is 0.730 bits per heavy atom. The lowest BCUT2D eigenvalue weighted by atomic mass is 9.98. The zero-order chi connectivity index (χ0) is 27.0. The van der Waals surface area contributed by atoms with Crippen molar-refractivity contribution in [2.75, 3.05) is 6.54 Å². The van der Waals surface area contributed by atoms with E-state index in [1.165, 1.54) is 89.9 Å². The van der Waals surface area contributed by atoms with E-state index < -0.39 is 12.1 Å². The Bertz CT molecular complexity index is 680. The molecule has 0 spiro atoms. The molecule has 0 aromatic heterocycles. The summed E-state index contributed by atoms with van der Waals surface area (Å²) in [5.41, 5.74) is 0.922. The summed E-state index contributed by atoms with van der Waals surface area (Å²) in [6, 6.07) is 8.98. The number of benzene rings is 1. The lowest BCUT2D eigenvalue weighted by Gasteiger charge is -2.23. The third-order valence-corrected chi connectivity index (χ3v) is 7.31. The fourth-order valence-corrected chi connectivity index (χ4v) is 4.59. The Morgan fingerprint density at radius 2 is 1.22 bits per heavy atom. The van der Waals surface area contributed by atoms with Gasteiger partial charge in [-0.3, -0.25) is 4.79 Å². The predicted molar refractivity (Wildman–Crippen MR) is 156 cm³/mol. The van der Waals surface area contributed by atoms with E-state index in [1.54, 1.807) is 0 Å². The number of carbonyl (C=O) groups excluding carboxylic acids is 2. The second kappa shape index (κ2) is 23.1. The van der Waals surface area contributed by atoms with Crippen molar-refractivity contribution >= 4 is 12.0 Å². The van der Waals surface area contributed by atoms with E-state index in [-0.39, 0.29) is 18.4 Å². The van der Waals surface area contributed by atoms with Crippen molar-refractivity contribution in [3.05, 3.63) is 35.9 Å². The first-order chi connectivity index (χ1) is 18.1. The number of ether oxygens (including phenoxy) is 1. The molecule has 0 saturated carbocycles. The predicted octanol–water partition coefficient (Wildman–Crippen LogP) is 8.71.